The van der Waals surface area contributed by atoms with Crippen LogP contribution in [-0.2, 0) is 27.3 Å². The van der Waals surface area contributed by atoms with Gasteiger partial charge in [-0.3, -0.25) is 4.79 Å². The molecule has 1 rings (SSSR count). The van der Waals surface area contributed by atoms with Crippen molar-refractivity contribution in [3.05, 3.63) is 35.4 Å². The van der Waals surface area contributed by atoms with E-state index in [-0.39, 0.29) is 24.7 Å². The highest BCUT2D eigenvalue weighted by atomic mass is 16.4. The maximum absolute atomic E-state index is 11.9. The molecule has 10 heteroatoms. The summed E-state index contributed by atoms with van der Waals surface area (Å²) in [5, 5.41) is 19.4. The lowest BCUT2D eigenvalue weighted by molar-refractivity contribution is -0.139. The third kappa shape index (κ3) is 12.9. The van der Waals surface area contributed by atoms with Crippen LogP contribution in [0.15, 0.2) is 24.3 Å². The number of carboxylic acids is 1. The average molecular weight is 463 g/mol. The van der Waals surface area contributed by atoms with E-state index in [4.69, 9.17) is 5.11 Å². The van der Waals surface area contributed by atoms with Crippen molar-refractivity contribution in [3.63, 3.8) is 0 Å². The van der Waals surface area contributed by atoms with E-state index in [9.17, 15) is 24.0 Å². The van der Waals surface area contributed by atoms with Crippen molar-refractivity contribution >= 4 is 30.1 Å². The number of carbonyl (C=O) groups is 5. The second-order valence-electron chi connectivity index (χ2n) is 7.59. The number of rotatable bonds is 16. The highest BCUT2D eigenvalue weighted by molar-refractivity contribution is 5.82. The highest BCUT2D eigenvalue weighted by Gasteiger charge is 2.18. The molecule has 5 N–H and O–H groups in total. The summed E-state index contributed by atoms with van der Waals surface area (Å²) in [5.74, 6) is -0.992. The lowest BCUT2D eigenvalue weighted by Gasteiger charge is -2.14. The summed E-state index contributed by atoms with van der Waals surface area (Å²) in [6, 6.07) is 5.61. The number of hydrogen-bond donors (Lipinski definition) is 5. The molecule has 1 unspecified atom stereocenters. The van der Waals surface area contributed by atoms with Crippen LogP contribution >= 0.6 is 0 Å². The molecule has 0 aliphatic carbocycles. The van der Waals surface area contributed by atoms with Gasteiger partial charge in [-0.25, -0.2) is 14.4 Å². The second kappa shape index (κ2) is 16.2. The summed E-state index contributed by atoms with van der Waals surface area (Å²) < 4.78 is 0. The minimum Gasteiger partial charge on any atom is -0.480 e. The van der Waals surface area contributed by atoms with Gasteiger partial charge in [0, 0.05) is 38.9 Å². The van der Waals surface area contributed by atoms with Crippen LogP contribution < -0.4 is 21.3 Å². The van der Waals surface area contributed by atoms with Crippen LogP contribution in [0.3, 0.4) is 0 Å². The smallest absolute Gasteiger partial charge is 0.326 e. The summed E-state index contributed by atoms with van der Waals surface area (Å²) in [7, 11) is 0. The Kier molecular flexibility index (Phi) is 13.6. The number of amides is 4. The number of carbonyl (C=O) groups excluding carboxylic acids is 4. The Balaban J connectivity index is 2.10. The summed E-state index contributed by atoms with van der Waals surface area (Å²) in [6.45, 7) is 3.09. The fraction of sp³-hybridized carbons (Fsp3) is 0.522. The van der Waals surface area contributed by atoms with Crippen molar-refractivity contribution in [1.29, 1.82) is 0 Å². The van der Waals surface area contributed by atoms with Crippen LogP contribution in [0.25, 0.3) is 0 Å². The Bertz CT molecular complexity index is 782. The number of aldehydes is 1. The SMILES string of the molecule is CCC(=O)Cc1ccc(CNC(=O)NCCCCCNC(=O)NC(CCC=O)C(=O)O)cc1. The molecule has 0 aliphatic heterocycles. The number of nitrogens with one attached hydrogen (secondary N) is 4. The molecular weight excluding hydrogens is 428 g/mol. The van der Waals surface area contributed by atoms with Gasteiger partial charge >= 0.3 is 18.0 Å². The van der Waals surface area contributed by atoms with Crippen LogP contribution in [0.1, 0.15) is 56.6 Å². The minimum atomic E-state index is -1.18. The average Bonchev–Trinajstić information content (AvgIpc) is 2.80. The summed E-state index contributed by atoms with van der Waals surface area (Å²) in [4.78, 5) is 56.4. The van der Waals surface area contributed by atoms with Crippen molar-refractivity contribution < 1.29 is 29.1 Å². The molecular formula is C23H34N4O6. The quantitative estimate of drug-likeness (QED) is 0.187. The summed E-state index contributed by atoms with van der Waals surface area (Å²) >= 11 is 0. The Morgan fingerprint density at radius 3 is 2.09 bits per heavy atom. The molecule has 1 aromatic rings. The van der Waals surface area contributed by atoms with Crippen LogP contribution in [-0.4, -0.2) is 54.3 Å². The Labute approximate surface area is 193 Å². The van der Waals surface area contributed by atoms with Crippen molar-refractivity contribution in [3.8, 4) is 0 Å². The van der Waals surface area contributed by atoms with Gasteiger partial charge < -0.3 is 31.2 Å². The lowest BCUT2D eigenvalue weighted by Crippen LogP contribution is -2.46. The Hall–Kier alpha value is -3.43. The van der Waals surface area contributed by atoms with Crippen molar-refractivity contribution in [2.45, 2.75) is 64.5 Å². The molecule has 182 valence electrons. The molecule has 0 heterocycles. The van der Waals surface area contributed by atoms with Gasteiger partial charge in [0.15, 0.2) is 0 Å². The van der Waals surface area contributed by atoms with Gasteiger partial charge in [0.2, 0.25) is 0 Å². The van der Waals surface area contributed by atoms with Crippen LogP contribution in [0, 0.1) is 0 Å². The zero-order chi connectivity index (χ0) is 24.5. The number of carboxylic acid groups (broad SMARTS) is 1. The zero-order valence-corrected chi connectivity index (χ0v) is 19.0. The number of aliphatic carboxylic acids is 1. The Morgan fingerprint density at radius 2 is 1.52 bits per heavy atom. The second-order valence-corrected chi connectivity index (χ2v) is 7.59. The number of urea groups is 2. The fourth-order valence-corrected chi connectivity index (χ4v) is 2.90. The number of Topliss-reactive ketones (excluding diaryl/α,β-unsaturated/α-hetero) is 1. The molecule has 0 saturated carbocycles. The first-order valence-corrected chi connectivity index (χ1v) is 11.2. The number of hydrogen-bond acceptors (Lipinski definition) is 5. The molecule has 0 spiro atoms. The fourth-order valence-electron chi connectivity index (χ4n) is 2.90. The largest absolute Gasteiger partial charge is 0.480 e. The summed E-state index contributed by atoms with van der Waals surface area (Å²) in [5.41, 5.74) is 1.90. The number of benzene rings is 1. The third-order valence-corrected chi connectivity index (χ3v) is 4.87. The highest BCUT2D eigenvalue weighted by Crippen LogP contribution is 2.06. The molecule has 0 saturated heterocycles. The van der Waals surface area contributed by atoms with E-state index in [2.05, 4.69) is 21.3 Å². The monoisotopic (exact) mass is 462 g/mol. The molecule has 1 aromatic carbocycles. The van der Waals surface area contributed by atoms with E-state index >= 15 is 0 Å². The first-order chi connectivity index (χ1) is 15.8. The van der Waals surface area contributed by atoms with Crippen LogP contribution in [0.4, 0.5) is 9.59 Å². The van der Waals surface area contributed by atoms with Crippen LogP contribution in [0.5, 0.6) is 0 Å². The van der Waals surface area contributed by atoms with Gasteiger partial charge in [0.05, 0.1) is 0 Å². The third-order valence-electron chi connectivity index (χ3n) is 4.87. The molecule has 0 aliphatic rings. The topological polar surface area (TPSA) is 154 Å². The predicted molar refractivity (Wildman–Crippen MR) is 123 cm³/mol. The zero-order valence-electron chi connectivity index (χ0n) is 19.0. The van der Waals surface area contributed by atoms with E-state index in [1.807, 2.05) is 31.2 Å². The normalized spacial score (nSPS) is 11.2. The number of ketones is 1. The van der Waals surface area contributed by atoms with E-state index < -0.39 is 18.0 Å². The molecule has 4 amide bonds. The molecule has 0 fully saturated rings. The molecule has 0 bridgehead atoms. The van der Waals surface area contributed by atoms with Gasteiger partial charge in [-0.2, -0.15) is 0 Å². The number of unbranched alkanes of at least 4 members (excludes halogenated alkanes) is 2. The standard InChI is InChI=1S/C23H34N4O6/c1-2-19(29)15-17-8-10-18(11-9-17)16-26-22(32)24-12-4-3-5-13-25-23(33)27-20(21(30)31)7-6-14-28/h8-11,14,20H,2-7,12-13,15-16H2,1H3,(H,30,31)(H2,24,26,32)(H2,25,27,33). The maximum atomic E-state index is 11.9. The maximum Gasteiger partial charge on any atom is 0.326 e. The molecule has 10 nitrogen and oxygen atoms in total. The lowest BCUT2D eigenvalue weighted by atomic mass is 10.1. The first kappa shape index (κ1) is 27.6. The summed E-state index contributed by atoms with van der Waals surface area (Å²) in [6.07, 6.45) is 3.84. The molecule has 0 radical (unpaired) electrons. The van der Waals surface area contributed by atoms with Crippen molar-refractivity contribution in [2.75, 3.05) is 13.1 Å². The predicted octanol–water partition coefficient (Wildman–Crippen LogP) is 1.91. The van der Waals surface area contributed by atoms with Gasteiger partial charge in [0.25, 0.3) is 0 Å². The van der Waals surface area contributed by atoms with Crippen molar-refractivity contribution in [1.82, 2.24) is 21.3 Å². The van der Waals surface area contributed by atoms with E-state index in [0.717, 1.165) is 24.0 Å². The van der Waals surface area contributed by atoms with Gasteiger partial charge in [-0.05, 0) is 36.8 Å². The minimum absolute atomic E-state index is 0.0469. The first-order valence-electron chi connectivity index (χ1n) is 11.2. The Morgan fingerprint density at radius 1 is 0.909 bits per heavy atom. The van der Waals surface area contributed by atoms with E-state index in [1.54, 1.807) is 0 Å². The van der Waals surface area contributed by atoms with E-state index in [1.165, 1.54) is 0 Å². The van der Waals surface area contributed by atoms with Gasteiger partial charge in [-0.15, -0.1) is 0 Å². The van der Waals surface area contributed by atoms with Gasteiger partial charge in [0.1, 0.15) is 18.1 Å². The molecule has 1 atom stereocenters. The van der Waals surface area contributed by atoms with Crippen LogP contribution in [0.2, 0.25) is 0 Å². The van der Waals surface area contributed by atoms with Crippen molar-refractivity contribution in [2.24, 2.45) is 0 Å². The molecule has 0 aromatic heterocycles. The van der Waals surface area contributed by atoms with Gasteiger partial charge in [-0.1, -0.05) is 31.2 Å². The molecule has 33 heavy (non-hydrogen) atoms. The van der Waals surface area contributed by atoms with E-state index in [0.29, 0.717) is 45.2 Å².